The Bertz CT molecular complexity index is 772. The molecule has 0 fully saturated rings. The minimum atomic E-state index is -1.91. The van der Waals surface area contributed by atoms with Crippen LogP contribution < -0.4 is 16.8 Å². The zero-order valence-corrected chi connectivity index (χ0v) is 15.2. The van der Waals surface area contributed by atoms with Crippen molar-refractivity contribution in [2.45, 2.75) is 18.1 Å². The molecule has 1 atom stereocenters. The van der Waals surface area contributed by atoms with Crippen LogP contribution in [-0.2, 0) is 24.7 Å². The van der Waals surface area contributed by atoms with Crippen molar-refractivity contribution in [3.05, 3.63) is 71.8 Å². The van der Waals surface area contributed by atoms with Gasteiger partial charge in [0.15, 0.2) is 5.60 Å². The third-order valence-electron chi connectivity index (χ3n) is 4.07. The van der Waals surface area contributed by atoms with Gasteiger partial charge in [-0.25, -0.2) is 0 Å². The van der Waals surface area contributed by atoms with Crippen LogP contribution in [-0.4, -0.2) is 42.1 Å². The largest absolute Gasteiger partial charge is 0.463 e. The third-order valence-corrected chi connectivity index (χ3v) is 4.07. The van der Waals surface area contributed by atoms with Gasteiger partial charge >= 0.3 is 5.97 Å². The van der Waals surface area contributed by atoms with Crippen molar-refractivity contribution in [3.8, 4) is 0 Å². The highest BCUT2D eigenvalue weighted by molar-refractivity contribution is 5.90. The fourth-order valence-electron chi connectivity index (χ4n) is 2.64. The van der Waals surface area contributed by atoms with Gasteiger partial charge in [0.1, 0.15) is 12.6 Å². The van der Waals surface area contributed by atoms with Crippen LogP contribution in [0.1, 0.15) is 17.5 Å². The number of rotatable bonds is 9. The summed E-state index contributed by atoms with van der Waals surface area (Å²) in [5.41, 5.74) is 9.35. The summed E-state index contributed by atoms with van der Waals surface area (Å²) in [6.45, 7) is -0.216. The number of nitrogens with two attached hydrogens (primary N) is 2. The van der Waals surface area contributed by atoms with Gasteiger partial charge in [-0.15, -0.1) is 0 Å². The summed E-state index contributed by atoms with van der Waals surface area (Å²) < 4.78 is 4.91. The molecule has 148 valence electrons. The summed E-state index contributed by atoms with van der Waals surface area (Å²) in [4.78, 5) is 35.2. The summed E-state index contributed by atoms with van der Waals surface area (Å²) in [5.74, 6) is -2.18. The topological polar surface area (TPSA) is 145 Å². The van der Waals surface area contributed by atoms with Crippen molar-refractivity contribution < 1.29 is 24.2 Å². The molecule has 0 bridgehead atoms. The van der Waals surface area contributed by atoms with Gasteiger partial charge < -0.3 is 26.6 Å². The maximum absolute atomic E-state index is 12.8. The molecule has 28 heavy (non-hydrogen) atoms. The molecule has 0 aliphatic rings. The van der Waals surface area contributed by atoms with E-state index in [-0.39, 0.29) is 19.6 Å². The van der Waals surface area contributed by atoms with Crippen molar-refractivity contribution in [1.29, 1.82) is 0 Å². The van der Waals surface area contributed by atoms with E-state index >= 15 is 0 Å². The number of primary amides is 1. The molecule has 0 heterocycles. The maximum atomic E-state index is 12.8. The Morgan fingerprint density at radius 3 is 1.96 bits per heavy atom. The molecule has 0 aromatic heterocycles. The lowest BCUT2D eigenvalue weighted by atomic mass is 9.85. The monoisotopic (exact) mass is 385 g/mol. The van der Waals surface area contributed by atoms with Gasteiger partial charge in [-0.1, -0.05) is 60.7 Å². The first-order valence-electron chi connectivity index (χ1n) is 8.68. The summed E-state index contributed by atoms with van der Waals surface area (Å²) in [6.07, 6.45) is -0.326. The number of carbonyl (C=O) groups excluding carboxylic acids is 3. The number of hydrogen-bond acceptors (Lipinski definition) is 6. The molecule has 0 unspecified atom stereocenters. The van der Waals surface area contributed by atoms with Gasteiger partial charge in [0.2, 0.25) is 5.91 Å². The maximum Gasteiger partial charge on any atom is 0.323 e. The zero-order valence-electron chi connectivity index (χ0n) is 15.2. The Hall–Kier alpha value is -3.23. The number of esters is 1. The number of benzene rings is 2. The first-order chi connectivity index (χ1) is 13.4. The molecule has 2 rings (SSSR count). The zero-order chi connectivity index (χ0) is 20.6. The van der Waals surface area contributed by atoms with Gasteiger partial charge in [-0.3, -0.25) is 14.4 Å². The highest BCUT2D eigenvalue weighted by Gasteiger charge is 2.39. The van der Waals surface area contributed by atoms with E-state index in [4.69, 9.17) is 16.2 Å². The molecule has 6 N–H and O–H groups in total. The van der Waals surface area contributed by atoms with Crippen LogP contribution in [0.2, 0.25) is 0 Å². The Balaban J connectivity index is 2.03. The number of nitrogens with one attached hydrogen (secondary N) is 1. The predicted molar refractivity (Wildman–Crippen MR) is 102 cm³/mol. The van der Waals surface area contributed by atoms with Crippen LogP contribution in [0.3, 0.4) is 0 Å². The first kappa shape index (κ1) is 21.1. The molecule has 0 spiro atoms. The first-order valence-corrected chi connectivity index (χ1v) is 8.68. The van der Waals surface area contributed by atoms with Crippen LogP contribution in [0.25, 0.3) is 0 Å². The lowest BCUT2D eigenvalue weighted by Crippen LogP contribution is -2.46. The van der Waals surface area contributed by atoms with E-state index in [1.807, 2.05) is 0 Å². The minimum Gasteiger partial charge on any atom is -0.463 e. The quantitative estimate of drug-likeness (QED) is 0.347. The van der Waals surface area contributed by atoms with Gasteiger partial charge in [-0.2, -0.15) is 0 Å². The average Bonchev–Trinajstić information content (AvgIpc) is 2.71. The van der Waals surface area contributed by atoms with Crippen molar-refractivity contribution in [3.63, 3.8) is 0 Å². The van der Waals surface area contributed by atoms with Gasteiger partial charge in [0.25, 0.3) is 5.91 Å². The Labute approximate surface area is 162 Å². The van der Waals surface area contributed by atoms with Gasteiger partial charge in [0, 0.05) is 0 Å². The normalized spacial score (nSPS) is 12.1. The van der Waals surface area contributed by atoms with Crippen LogP contribution >= 0.6 is 0 Å². The predicted octanol–water partition coefficient (Wildman–Crippen LogP) is -0.215. The average molecular weight is 385 g/mol. The van der Waals surface area contributed by atoms with E-state index in [1.165, 1.54) is 0 Å². The van der Waals surface area contributed by atoms with Crippen molar-refractivity contribution in [2.24, 2.45) is 11.5 Å². The minimum absolute atomic E-state index is 0.0458. The molecule has 2 aromatic carbocycles. The second-order valence-corrected chi connectivity index (χ2v) is 6.14. The molecule has 8 nitrogen and oxygen atoms in total. The van der Waals surface area contributed by atoms with E-state index in [1.54, 1.807) is 60.7 Å². The number of carbonyl (C=O) groups is 3. The molecule has 0 radical (unpaired) electrons. The number of ether oxygens (including phenoxy) is 1. The standard InChI is InChI=1S/C20H23N3O5/c21-16(13-17(22)24)18(25)28-12-11-23-19(26)20(27,14-7-3-1-4-8-14)15-9-5-2-6-10-15/h1-10,16,27H,11-13,21H2,(H2,22,24)(H,23,26)/t16-/m0/s1. The molecule has 8 heteroatoms. The lowest BCUT2D eigenvalue weighted by molar-refractivity contribution is -0.147. The summed E-state index contributed by atoms with van der Waals surface area (Å²) in [5, 5.41) is 13.8. The molecule has 2 amide bonds. The number of hydrogen-bond donors (Lipinski definition) is 4. The number of amides is 2. The molecule has 0 aliphatic heterocycles. The smallest absolute Gasteiger partial charge is 0.323 e. The van der Waals surface area contributed by atoms with Gasteiger partial charge in [-0.05, 0) is 11.1 Å². The van der Waals surface area contributed by atoms with Gasteiger partial charge in [0.05, 0.1) is 13.0 Å². The molecule has 2 aromatic rings. The molecular weight excluding hydrogens is 362 g/mol. The highest BCUT2D eigenvalue weighted by Crippen LogP contribution is 2.29. The summed E-state index contributed by atoms with van der Waals surface area (Å²) in [6, 6.07) is 15.9. The van der Waals surface area contributed by atoms with E-state index in [0.29, 0.717) is 11.1 Å². The Morgan fingerprint density at radius 1 is 1.00 bits per heavy atom. The summed E-state index contributed by atoms with van der Waals surface area (Å²) >= 11 is 0. The molecule has 0 saturated heterocycles. The number of aliphatic hydroxyl groups is 1. The van der Waals surface area contributed by atoms with Crippen molar-refractivity contribution in [2.75, 3.05) is 13.2 Å². The van der Waals surface area contributed by atoms with Crippen LogP contribution in [0.4, 0.5) is 0 Å². The third kappa shape index (κ3) is 5.15. The Kier molecular flexibility index (Phi) is 7.25. The molecule has 0 aliphatic carbocycles. The summed E-state index contributed by atoms with van der Waals surface area (Å²) in [7, 11) is 0. The molecular formula is C20H23N3O5. The fraction of sp³-hybridized carbons (Fsp3) is 0.250. The Morgan fingerprint density at radius 2 is 1.50 bits per heavy atom. The lowest BCUT2D eigenvalue weighted by Gasteiger charge is -2.28. The highest BCUT2D eigenvalue weighted by atomic mass is 16.5. The van der Waals surface area contributed by atoms with E-state index in [9.17, 15) is 19.5 Å². The van der Waals surface area contributed by atoms with Crippen LogP contribution in [0, 0.1) is 0 Å². The fourth-order valence-corrected chi connectivity index (χ4v) is 2.64. The van der Waals surface area contributed by atoms with E-state index in [0.717, 1.165) is 0 Å². The van der Waals surface area contributed by atoms with Crippen LogP contribution in [0.15, 0.2) is 60.7 Å². The van der Waals surface area contributed by atoms with E-state index < -0.39 is 29.4 Å². The second kappa shape index (κ2) is 9.63. The van der Waals surface area contributed by atoms with Crippen LogP contribution in [0.5, 0.6) is 0 Å². The molecule has 0 saturated carbocycles. The van der Waals surface area contributed by atoms with Crippen molar-refractivity contribution >= 4 is 17.8 Å². The van der Waals surface area contributed by atoms with Crippen molar-refractivity contribution in [1.82, 2.24) is 5.32 Å². The van der Waals surface area contributed by atoms with E-state index in [2.05, 4.69) is 5.32 Å². The second-order valence-electron chi connectivity index (χ2n) is 6.14. The SMILES string of the molecule is NC(=O)C[C@H](N)C(=O)OCCNC(=O)C(O)(c1ccccc1)c1ccccc1.